The van der Waals surface area contributed by atoms with Crippen molar-refractivity contribution in [2.45, 2.75) is 38.6 Å². The maximum absolute atomic E-state index is 12.5. The van der Waals surface area contributed by atoms with Crippen LogP contribution in [0.1, 0.15) is 27.7 Å². The van der Waals surface area contributed by atoms with Gasteiger partial charge in [-0.2, -0.15) is 0 Å². The van der Waals surface area contributed by atoms with Crippen molar-refractivity contribution in [3.05, 3.63) is 34.4 Å². The number of nitrogens with zero attached hydrogens (tertiary/aromatic N) is 1. The number of hydrogen-bond acceptors (Lipinski definition) is 4. The third kappa shape index (κ3) is 4.38. The second-order valence-electron chi connectivity index (χ2n) is 5.71. The molecule has 0 fully saturated rings. The smallest absolute Gasteiger partial charge is 0.285 e. The zero-order chi connectivity index (χ0) is 15.3. The first-order chi connectivity index (χ1) is 9.27. The minimum absolute atomic E-state index is 0.0353. The van der Waals surface area contributed by atoms with Gasteiger partial charge in [0.25, 0.3) is 5.69 Å². The Morgan fingerprint density at radius 2 is 1.95 bits per heavy atom. The van der Waals surface area contributed by atoms with E-state index in [1.807, 2.05) is 6.92 Å². The normalized spacial score (nSPS) is 14.8. The van der Waals surface area contributed by atoms with Crippen molar-refractivity contribution in [2.24, 2.45) is 5.41 Å². The van der Waals surface area contributed by atoms with Crippen LogP contribution in [-0.4, -0.2) is 27.5 Å². The van der Waals surface area contributed by atoms with E-state index >= 15 is 0 Å². The van der Waals surface area contributed by atoms with Gasteiger partial charge in [0.15, 0.2) is 0 Å². The summed E-state index contributed by atoms with van der Waals surface area (Å²) in [5.41, 5.74) is -0.134. The Bertz CT molecular complexity index is 497. The lowest BCUT2D eigenvalue weighted by Crippen LogP contribution is -2.44. The zero-order valence-corrected chi connectivity index (χ0v) is 13.2. The summed E-state index contributed by atoms with van der Waals surface area (Å²) < 4.78 is 12.5. The molecule has 1 aromatic rings. The van der Waals surface area contributed by atoms with Gasteiger partial charge in [-0.1, -0.05) is 39.8 Å². The van der Waals surface area contributed by atoms with E-state index in [0.717, 1.165) is 6.54 Å². The zero-order valence-electron chi connectivity index (χ0n) is 12.4. The fourth-order valence-electron chi connectivity index (χ4n) is 1.90. The summed E-state index contributed by atoms with van der Waals surface area (Å²) in [4.78, 5) is 10.8. The number of nitrogens with one attached hydrogen (secondary N) is 1. The molecule has 0 radical (unpaired) electrons. The van der Waals surface area contributed by atoms with Gasteiger partial charge in [0.05, 0.1) is 15.7 Å². The largest absolute Gasteiger partial charge is 0.313 e. The molecular weight excluding hydrogens is 276 g/mol. The van der Waals surface area contributed by atoms with Crippen molar-refractivity contribution >= 4 is 16.5 Å². The van der Waals surface area contributed by atoms with Gasteiger partial charge < -0.3 is 5.32 Å². The molecule has 1 aromatic carbocycles. The molecule has 0 bridgehead atoms. The van der Waals surface area contributed by atoms with E-state index in [1.54, 1.807) is 18.2 Å². The van der Waals surface area contributed by atoms with Crippen molar-refractivity contribution in [1.82, 2.24) is 5.32 Å². The topological polar surface area (TPSA) is 72.2 Å². The fraction of sp³-hybridized carbons (Fsp3) is 0.571. The van der Waals surface area contributed by atoms with Crippen LogP contribution in [0.15, 0.2) is 29.2 Å². The van der Waals surface area contributed by atoms with Crippen molar-refractivity contribution in [3.63, 3.8) is 0 Å². The van der Waals surface area contributed by atoms with Crippen LogP contribution >= 0.6 is 0 Å². The van der Waals surface area contributed by atoms with Gasteiger partial charge >= 0.3 is 0 Å². The van der Waals surface area contributed by atoms with Gasteiger partial charge in [0, 0.05) is 17.9 Å². The third-order valence-electron chi connectivity index (χ3n) is 3.12. The van der Waals surface area contributed by atoms with Gasteiger partial charge in [-0.25, -0.2) is 0 Å². The Morgan fingerprint density at radius 1 is 1.35 bits per heavy atom. The summed E-state index contributed by atoms with van der Waals surface area (Å²) in [7, 11) is -1.40. The van der Waals surface area contributed by atoms with Crippen molar-refractivity contribution in [1.29, 1.82) is 0 Å². The lowest BCUT2D eigenvalue weighted by Gasteiger charge is -2.31. The molecule has 0 aromatic heterocycles. The number of nitro benzene ring substituents is 1. The molecule has 1 rings (SSSR count). The van der Waals surface area contributed by atoms with E-state index in [1.165, 1.54) is 6.07 Å². The van der Waals surface area contributed by atoms with E-state index < -0.39 is 15.7 Å². The highest BCUT2D eigenvalue weighted by Crippen LogP contribution is 2.25. The van der Waals surface area contributed by atoms with Crippen LogP contribution in [0.5, 0.6) is 0 Å². The lowest BCUT2D eigenvalue weighted by atomic mass is 9.88. The predicted octanol–water partition coefficient (Wildman–Crippen LogP) is 2.73. The van der Waals surface area contributed by atoms with E-state index in [9.17, 15) is 14.3 Å². The second-order valence-corrected chi connectivity index (χ2v) is 7.18. The quantitative estimate of drug-likeness (QED) is 0.647. The number of nitro groups is 1. The van der Waals surface area contributed by atoms with Crippen molar-refractivity contribution < 1.29 is 9.13 Å². The van der Waals surface area contributed by atoms with Crippen LogP contribution < -0.4 is 5.32 Å². The fourth-order valence-corrected chi connectivity index (χ4v) is 3.61. The van der Waals surface area contributed by atoms with Crippen LogP contribution in [-0.2, 0) is 10.8 Å². The second kappa shape index (κ2) is 6.95. The molecule has 112 valence electrons. The van der Waals surface area contributed by atoms with Gasteiger partial charge in [-0.15, -0.1) is 0 Å². The molecule has 0 spiro atoms. The molecule has 0 saturated carbocycles. The van der Waals surface area contributed by atoms with Crippen molar-refractivity contribution in [3.8, 4) is 0 Å². The molecule has 20 heavy (non-hydrogen) atoms. The molecule has 0 saturated heterocycles. The first kappa shape index (κ1) is 16.8. The van der Waals surface area contributed by atoms with Crippen LogP contribution in [0.4, 0.5) is 5.69 Å². The maximum Gasteiger partial charge on any atom is 0.285 e. The summed E-state index contributed by atoms with van der Waals surface area (Å²) in [5.74, 6) is 0.363. The number of para-hydroxylation sites is 1. The van der Waals surface area contributed by atoms with Gasteiger partial charge in [0.2, 0.25) is 0 Å². The van der Waals surface area contributed by atoms with Crippen LogP contribution in [0.3, 0.4) is 0 Å². The monoisotopic (exact) mass is 298 g/mol. The minimum Gasteiger partial charge on any atom is -0.313 e. The van der Waals surface area contributed by atoms with Gasteiger partial charge in [-0.05, 0) is 18.0 Å². The number of benzene rings is 1. The summed E-state index contributed by atoms with van der Waals surface area (Å²) in [6.07, 6.45) is 0. The van der Waals surface area contributed by atoms with Gasteiger partial charge in [0.1, 0.15) is 4.90 Å². The highest BCUT2D eigenvalue weighted by Gasteiger charge is 2.28. The molecule has 0 aliphatic heterocycles. The molecule has 6 heteroatoms. The highest BCUT2D eigenvalue weighted by atomic mass is 32.2. The van der Waals surface area contributed by atoms with Crippen LogP contribution in [0.2, 0.25) is 0 Å². The maximum atomic E-state index is 12.5. The SMILES string of the molecule is CCNC(CS(=O)c1ccccc1[N+](=O)[O-])C(C)(C)C. The van der Waals surface area contributed by atoms with Crippen LogP contribution in [0.25, 0.3) is 0 Å². The third-order valence-corrected chi connectivity index (χ3v) is 4.59. The molecule has 0 heterocycles. The first-order valence-corrected chi connectivity index (χ1v) is 7.94. The predicted molar refractivity (Wildman–Crippen MR) is 81.3 cm³/mol. The molecule has 0 aliphatic rings. The molecule has 1 N–H and O–H groups in total. The number of rotatable bonds is 6. The Kier molecular flexibility index (Phi) is 5.83. The molecule has 0 aliphatic carbocycles. The summed E-state index contributed by atoms with van der Waals surface area (Å²) in [5, 5.41) is 14.3. The lowest BCUT2D eigenvalue weighted by molar-refractivity contribution is -0.387. The standard InChI is InChI=1S/C14H22N2O3S/c1-5-15-13(14(2,3)4)10-20(19)12-9-7-6-8-11(12)16(17)18/h6-9,13,15H,5,10H2,1-4H3. The Balaban J connectivity index is 2.98. The van der Waals surface area contributed by atoms with E-state index in [2.05, 4.69) is 26.1 Å². The van der Waals surface area contributed by atoms with E-state index in [-0.39, 0.29) is 17.1 Å². The Labute approximate surface area is 122 Å². The highest BCUT2D eigenvalue weighted by molar-refractivity contribution is 7.85. The summed E-state index contributed by atoms with van der Waals surface area (Å²) in [6.45, 7) is 8.97. The first-order valence-electron chi connectivity index (χ1n) is 6.62. The summed E-state index contributed by atoms with van der Waals surface area (Å²) >= 11 is 0. The molecule has 2 atom stereocenters. The van der Waals surface area contributed by atoms with Gasteiger partial charge in [-0.3, -0.25) is 14.3 Å². The average molecular weight is 298 g/mol. The van der Waals surface area contributed by atoms with E-state index in [4.69, 9.17) is 0 Å². The average Bonchev–Trinajstić information content (AvgIpc) is 2.37. The number of hydrogen-bond donors (Lipinski definition) is 1. The molecular formula is C14H22N2O3S. The minimum atomic E-state index is -1.40. The van der Waals surface area contributed by atoms with Crippen LogP contribution in [0, 0.1) is 15.5 Å². The summed E-state index contributed by atoms with van der Waals surface area (Å²) in [6, 6.07) is 6.27. The Hall–Kier alpha value is -1.27. The Morgan fingerprint density at radius 3 is 2.45 bits per heavy atom. The van der Waals surface area contributed by atoms with E-state index in [0.29, 0.717) is 10.6 Å². The molecule has 5 nitrogen and oxygen atoms in total. The molecule has 2 unspecified atom stereocenters. The van der Waals surface area contributed by atoms with Crippen molar-refractivity contribution in [2.75, 3.05) is 12.3 Å². The molecule has 0 amide bonds.